The highest BCUT2D eigenvalue weighted by atomic mass is 16.4. The smallest absolute Gasteiger partial charge is 0.335 e. The van der Waals surface area contributed by atoms with Crippen molar-refractivity contribution in [1.82, 2.24) is 0 Å². The van der Waals surface area contributed by atoms with Gasteiger partial charge in [0.05, 0.1) is 5.57 Å². The molecule has 1 aliphatic rings. The van der Waals surface area contributed by atoms with E-state index in [0.29, 0.717) is 11.5 Å². The minimum atomic E-state index is -0.910. The number of carbonyl (C=O) groups is 1. The Hall–Kier alpha value is -1.31. The van der Waals surface area contributed by atoms with Crippen molar-refractivity contribution in [2.24, 2.45) is 5.92 Å². The Bertz CT molecular complexity index is 257. The largest absolute Gasteiger partial charge is 0.478 e. The van der Waals surface area contributed by atoms with Gasteiger partial charge in [-0.05, 0) is 24.3 Å². The first-order valence-corrected chi connectivity index (χ1v) is 4.93. The van der Waals surface area contributed by atoms with Crippen molar-refractivity contribution in [3.05, 3.63) is 36.5 Å². The molecule has 14 heavy (non-hydrogen) atoms. The summed E-state index contributed by atoms with van der Waals surface area (Å²) in [6.07, 6.45) is 5.17. The Kier molecular flexibility index (Phi) is 5.61. The predicted octanol–water partition coefficient (Wildman–Crippen LogP) is 3.18. The number of allylic oxidation sites excluding steroid dienone is 2. The molecule has 0 spiro atoms. The fraction of sp³-hybridized carbons (Fsp3) is 0.417. The van der Waals surface area contributed by atoms with E-state index in [-0.39, 0.29) is 0 Å². The first kappa shape index (κ1) is 12.7. The fourth-order valence-corrected chi connectivity index (χ4v) is 1.22. The van der Waals surface area contributed by atoms with Crippen LogP contribution in [-0.4, -0.2) is 11.1 Å². The molecule has 1 rings (SSSR count). The van der Waals surface area contributed by atoms with Crippen molar-refractivity contribution < 1.29 is 9.90 Å². The van der Waals surface area contributed by atoms with Gasteiger partial charge in [0.1, 0.15) is 0 Å². The van der Waals surface area contributed by atoms with Crippen LogP contribution in [0.15, 0.2) is 36.5 Å². The maximum absolute atomic E-state index is 10.7. The maximum Gasteiger partial charge on any atom is 0.335 e. The van der Waals surface area contributed by atoms with Crippen LogP contribution in [0.2, 0.25) is 0 Å². The highest BCUT2D eigenvalue weighted by Gasteiger charge is 2.27. The molecule has 0 bridgehead atoms. The Morgan fingerprint density at radius 1 is 1.29 bits per heavy atom. The van der Waals surface area contributed by atoms with Crippen LogP contribution in [0.5, 0.6) is 0 Å². The lowest BCUT2D eigenvalue weighted by Gasteiger charge is -2.01. The van der Waals surface area contributed by atoms with Gasteiger partial charge in [-0.1, -0.05) is 39.2 Å². The normalized spacial score (nSPS) is 15.9. The summed E-state index contributed by atoms with van der Waals surface area (Å²) < 4.78 is 0. The van der Waals surface area contributed by atoms with Gasteiger partial charge in [-0.15, -0.1) is 0 Å². The second-order valence-corrected chi connectivity index (χ2v) is 2.86. The lowest BCUT2D eigenvalue weighted by atomic mass is 10.0. The van der Waals surface area contributed by atoms with Crippen molar-refractivity contribution in [3.8, 4) is 0 Å². The zero-order valence-electron chi connectivity index (χ0n) is 8.92. The first-order chi connectivity index (χ1) is 6.70. The summed E-state index contributed by atoms with van der Waals surface area (Å²) in [6, 6.07) is 0. The molecular weight excluding hydrogens is 176 g/mol. The first-order valence-electron chi connectivity index (χ1n) is 4.93. The summed E-state index contributed by atoms with van der Waals surface area (Å²) in [5, 5.41) is 8.77. The Balaban J connectivity index is 0.000000791. The van der Waals surface area contributed by atoms with Crippen LogP contribution in [0.1, 0.15) is 26.7 Å². The fourth-order valence-electron chi connectivity index (χ4n) is 1.22. The molecule has 0 saturated heterocycles. The second kappa shape index (κ2) is 6.19. The molecule has 1 saturated carbocycles. The summed E-state index contributed by atoms with van der Waals surface area (Å²) in [7, 11) is 0. The van der Waals surface area contributed by atoms with Crippen molar-refractivity contribution in [1.29, 1.82) is 0 Å². The third-order valence-corrected chi connectivity index (χ3v) is 1.98. The number of hydrogen-bond acceptors (Lipinski definition) is 1. The molecule has 1 N–H and O–H groups in total. The van der Waals surface area contributed by atoms with Gasteiger partial charge < -0.3 is 5.11 Å². The molecule has 0 aliphatic heterocycles. The van der Waals surface area contributed by atoms with Crippen molar-refractivity contribution in [3.63, 3.8) is 0 Å². The monoisotopic (exact) mass is 194 g/mol. The number of rotatable bonds is 4. The lowest BCUT2D eigenvalue weighted by Crippen LogP contribution is -2.02. The highest BCUT2D eigenvalue weighted by Crippen LogP contribution is 2.38. The molecule has 0 aromatic carbocycles. The average Bonchev–Trinajstić information content (AvgIpc) is 3.00. The minimum absolute atomic E-state index is 0.299. The predicted molar refractivity (Wildman–Crippen MR) is 59.1 cm³/mol. The highest BCUT2D eigenvalue weighted by molar-refractivity contribution is 5.91. The van der Waals surface area contributed by atoms with Crippen molar-refractivity contribution in [2.75, 3.05) is 0 Å². The molecule has 0 atom stereocenters. The summed E-state index contributed by atoms with van der Waals surface area (Å²) in [6.45, 7) is 11.1. The SMILES string of the molecule is C=C/C(C(=O)O)=C(\C=C)C1CC1.CC. The van der Waals surface area contributed by atoms with Crippen LogP contribution in [0, 0.1) is 5.92 Å². The molecule has 0 heterocycles. The van der Waals surface area contributed by atoms with Crippen LogP contribution in [-0.2, 0) is 4.79 Å². The van der Waals surface area contributed by atoms with Gasteiger partial charge in [0, 0.05) is 0 Å². The van der Waals surface area contributed by atoms with Gasteiger partial charge in [0.25, 0.3) is 0 Å². The van der Waals surface area contributed by atoms with E-state index in [1.165, 1.54) is 6.08 Å². The van der Waals surface area contributed by atoms with Gasteiger partial charge >= 0.3 is 5.97 Å². The van der Waals surface area contributed by atoms with Crippen LogP contribution < -0.4 is 0 Å². The second-order valence-electron chi connectivity index (χ2n) is 2.86. The summed E-state index contributed by atoms with van der Waals surface area (Å²) >= 11 is 0. The molecule has 2 heteroatoms. The van der Waals surface area contributed by atoms with Crippen LogP contribution in [0.3, 0.4) is 0 Å². The molecule has 0 aromatic rings. The van der Waals surface area contributed by atoms with Crippen LogP contribution in [0.25, 0.3) is 0 Å². The van der Waals surface area contributed by atoms with E-state index in [9.17, 15) is 4.79 Å². The van der Waals surface area contributed by atoms with Gasteiger partial charge in [0.15, 0.2) is 0 Å². The van der Waals surface area contributed by atoms with E-state index < -0.39 is 5.97 Å². The molecular formula is C12H18O2. The molecule has 0 unspecified atom stereocenters. The molecule has 2 nitrogen and oxygen atoms in total. The Labute approximate surface area is 85.6 Å². The third-order valence-electron chi connectivity index (χ3n) is 1.98. The maximum atomic E-state index is 10.7. The molecule has 0 aromatic heterocycles. The topological polar surface area (TPSA) is 37.3 Å². The van der Waals surface area contributed by atoms with E-state index in [0.717, 1.165) is 18.4 Å². The Morgan fingerprint density at radius 2 is 1.79 bits per heavy atom. The van der Waals surface area contributed by atoms with Gasteiger partial charge in [-0.3, -0.25) is 0 Å². The number of carboxylic acids is 1. The van der Waals surface area contributed by atoms with Crippen LogP contribution >= 0.6 is 0 Å². The third kappa shape index (κ3) is 3.21. The molecule has 0 radical (unpaired) electrons. The van der Waals surface area contributed by atoms with Gasteiger partial charge in [-0.2, -0.15) is 0 Å². The minimum Gasteiger partial charge on any atom is -0.478 e. The summed E-state index contributed by atoms with van der Waals surface area (Å²) in [5.74, 6) is -0.501. The van der Waals surface area contributed by atoms with Gasteiger partial charge in [-0.25, -0.2) is 4.79 Å². The van der Waals surface area contributed by atoms with E-state index in [1.54, 1.807) is 6.08 Å². The lowest BCUT2D eigenvalue weighted by molar-refractivity contribution is -0.132. The van der Waals surface area contributed by atoms with Crippen molar-refractivity contribution >= 4 is 5.97 Å². The van der Waals surface area contributed by atoms with E-state index in [2.05, 4.69) is 13.2 Å². The van der Waals surface area contributed by atoms with E-state index in [1.807, 2.05) is 13.8 Å². The van der Waals surface area contributed by atoms with E-state index in [4.69, 9.17) is 5.11 Å². The standard InChI is InChI=1S/C10H12O2.C2H6/c1-3-8(7-5-6-7)9(4-2)10(11)12;1-2/h3-4,7H,1-2,5-6H2,(H,11,12);1-2H3/b9-8-;. The molecule has 0 amide bonds. The quantitative estimate of drug-likeness (QED) is 0.551. The zero-order valence-corrected chi connectivity index (χ0v) is 8.92. The van der Waals surface area contributed by atoms with E-state index >= 15 is 0 Å². The number of aliphatic carboxylic acids is 1. The molecule has 1 fully saturated rings. The summed E-state index contributed by atoms with van der Waals surface area (Å²) in [4.78, 5) is 10.7. The summed E-state index contributed by atoms with van der Waals surface area (Å²) in [5.41, 5.74) is 1.13. The molecule has 78 valence electrons. The van der Waals surface area contributed by atoms with Crippen LogP contribution in [0.4, 0.5) is 0 Å². The zero-order chi connectivity index (χ0) is 11.1. The average molecular weight is 194 g/mol. The Morgan fingerprint density at radius 3 is 2.00 bits per heavy atom. The molecule has 1 aliphatic carbocycles. The number of carboxylic acid groups (broad SMARTS) is 1. The van der Waals surface area contributed by atoms with Gasteiger partial charge in [0.2, 0.25) is 0 Å². The number of hydrogen-bond donors (Lipinski definition) is 1. The van der Waals surface area contributed by atoms with Crippen molar-refractivity contribution in [2.45, 2.75) is 26.7 Å².